The minimum absolute atomic E-state index is 0.0138. The first-order valence-electron chi connectivity index (χ1n) is 7.78. The molecule has 1 aromatic carbocycles. The number of ether oxygens (including phenoxy) is 2. The number of nitrogens with one attached hydrogen (secondary N) is 1. The quantitative estimate of drug-likeness (QED) is 0.799. The molecule has 126 valence electrons. The smallest absolute Gasteiger partial charge is 0.179 e. The van der Waals surface area contributed by atoms with E-state index in [-0.39, 0.29) is 5.41 Å². The highest BCUT2D eigenvalue weighted by molar-refractivity contribution is 6.32. The molecule has 0 saturated carbocycles. The molecule has 0 amide bonds. The van der Waals surface area contributed by atoms with Crippen LogP contribution in [0.3, 0.4) is 0 Å². The van der Waals surface area contributed by atoms with Crippen LogP contribution in [0.4, 0.5) is 0 Å². The maximum Gasteiger partial charge on any atom is 0.179 e. The third-order valence-electron chi connectivity index (χ3n) is 3.86. The van der Waals surface area contributed by atoms with Gasteiger partial charge in [-0.3, -0.25) is 0 Å². The fourth-order valence-corrected chi connectivity index (χ4v) is 2.74. The maximum atomic E-state index is 10.3. The Bertz CT molecular complexity index is 584. The Morgan fingerprint density at radius 2 is 2.13 bits per heavy atom. The summed E-state index contributed by atoms with van der Waals surface area (Å²) in [5.41, 5.74) is 0.710. The van der Waals surface area contributed by atoms with Gasteiger partial charge in [-0.05, 0) is 29.5 Å². The van der Waals surface area contributed by atoms with Crippen LogP contribution in [0.15, 0.2) is 12.1 Å². The molecule has 1 heterocycles. The van der Waals surface area contributed by atoms with Crippen LogP contribution in [-0.2, 0) is 0 Å². The SMILES string of the molecule is CC(C)(CCC#N)CNCC(O)c1cc(Cl)c2c(c1)OCCO2. The number of nitriles is 1. The molecule has 6 heteroatoms. The molecule has 2 N–H and O–H groups in total. The van der Waals surface area contributed by atoms with E-state index in [0.29, 0.717) is 48.3 Å². The molecule has 0 fully saturated rings. The highest BCUT2D eigenvalue weighted by Gasteiger charge is 2.21. The standard InChI is InChI=1S/C17H23ClN2O3/c1-17(2,4-3-5-19)11-20-10-14(21)12-8-13(18)16-15(9-12)22-6-7-23-16/h8-9,14,20-21H,3-4,6-7,10-11H2,1-2H3. The summed E-state index contributed by atoms with van der Waals surface area (Å²) in [6, 6.07) is 5.65. The Balaban J connectivity index is 1.92. The molecular formula is C17H23ClN2O3. The molecule has 5 nitrogen and oxygen atoms in total. The lowest BCUT2D eigenvalue weighted by atomic mass is 9.88. The van der Waals surface area contributed by atoms with Crippen molar-refractivity contribution in [1.82, 2.24) is 5.32 Å². The average Bonchev–Trinajstić information content (AvgIpc) is 2.52. The van der Waals surface area contributed by atoms with E-state index in [2.05, 4.69) is 25.2 Å². The van der Waals surface area contributed by atoms with Crippen molar-refractivity contribution in [1.29, 1.82) is 5.26 Å². The Labute approximate surface area is 142 Å². The lowest BCUT2D eigenvalue weighted by molar-refractivity contribution is 0.160. The Morgan fingerprint density at radius 1 is 1.39 bits per heavy atom. The third-order valence-corrected chi connectivity index (χ3v) is 4.14. The van der Waals surface area contributed by atoms with Crippen molar-refractivity contribution < 1.29 is 14.6 Å². The first-order valence-corrected chi connectivity index (χ1v) is 8.15. The van der Waals surface area contributed by atoms with Gasteiger partial charge in [-0.15, -0.1) is 0 Å². The van der Waals surface area contributed by atoms with Gasteiger partial charge >= 0.3 is 0 Å². The van der Waals surface area contributed by atoms with Crippen LogP contribution >= 0.6 is 11.6 Å². The van der Waals surface area contributed by atoms with Crippen molar-refractivity contribution in [3.05, 3.63) is 22.7 Å². The summed E-state index contributed by atoms with van der Waals surface area (Å²) in [6.45, 7) is 6.30. The van der Waals surface area contributed by atoms with Gasteiger partial charge in [-0.2, -0.15) is 5.26 Å². The Hall–Kier alpha value is -1.48. The monoisotopic (exact) mass is 338 g/mol. The normalized spacial score (nSPS) is 15.1. The van der Waals surface area contributed by atoms with E-state index in [1.54, 1.807) is 12.1 Å². The second-order valence-corrected chi connectivity index (χ2v) is 6.90. The summed E-state index contributed by atoms with van der Waals surface area (Å²) in [4.78, 5) is 0. The van der Waals surface area contributed by atoms with Gasteiger partial charge in [0, 0.05) is 19.5 Å². The maximum absolute atomic E-state index is 10.3. The molecule has 23 heavy (non-hydrogen) atoms. The van der Waals surface area contributed by atoms with E-state index < -0.39 is 6.10 Å². The molecule has 2 rings (SSSR count). The summed E-state index contributed by atoms with van der Waals surface area (Å²) < 4.78 is 11.0. The first-order chi connectivity index (χ1) is 10.9. The molecule has 1 aliphatic rings. The third kappa shape index (κ3) is 5.00. The molecule has 0 aromatic heterocycles. The number of halogens is 1. The van der Waals surface area contributed by atoms with Crippen molar-refractivity contribution in [3.63, 3.8) is 0 Å². The highest BCUT2D eigenvalue weighted by atomic mass is 35.5. The van der Waals surface area contributed by atoms with Crippen molar-refractivity contribution in [2.24, 2.45) is 5.41 Å². The van der Waals surface area contributed by atoms with Crippen molar-refractivity contribution in [3.8, 4) is 17.6 Å². The number of nitrogens with zero attached hydrogens (tertiary/aromatic N) is 1. The zero-order chi connectivity index (χ0) is 16.9. The number of fused-ring (bicyclic) bond motifs is 1. The summed E-state index contributed by atoms with van der Waals surface area (Å²) in [6.07, 6.45) is 0.673. The molecule has 1 aromatic rings. The fraction of sp³-hybridized carbons (Fsp3) is 0.588. The van der Waals surface area contributed by atoms with Crippen LogP contribution in [0.5, 0.6) is 11.5 Å². The predicted molar refractivity (Wildman–Crippen MR) is 88.9 cm³/mol. The molecule has 1 atom stereocenters. The lowest BCUT2D eigenvalue weighted by Gasteiger charge is -2.25. The molecule has 0 bridgehead atoms. The van der Waals surface area contributed by atoms with Gasteiger partial charge < -0.3 is 19.9 Å². The van der Waals surface area contributed by atoms with Gasteiger partial charge in [0.15, 0.2) is 11.5 Å². The molecule has 0 radical (unpaired) electrons. The Kier molecular flexibility index (Phi) is 6.11. The van der Waals surface area contributed by atoms with Crippen LogP contribution < -0.4 is 14.8 Å². The van der Waals surface area contributed by atoms with Crippen molar-refractivity contribution in [2.45, 2.75) is 32.8 Å². The number of hydrogen-bond acceptors (Lipinski definition) is 5. The van der Waals surface area contributed by atoms with E-state index in [0.717, 1.165) is 13.0 Å². The van der Waals surface area contributed by atoms with Crippen molar-refractivity contribution in [2.75, 3.05) is 26.3 Å². The first kappa shape index (κ1) is 17.9. The van der Waals surface area contributed by atoms with Crippen molar-refractivity contribution >= 4 is 11.6 Å². The van der Waals surface area contributed by atoms with E-state index in [4.69, 9.17) is 26.3 Å². The van der Waals surface area contributed by atoms with Gasteiger partial charge in [0.2, 0.25) is 0 Å². The van der Waals surface area contributed by atoms with Gasteiger partial charge in [0.25, 0.3) is 0 Å². The van der Waals surface area contributed by atoms with E-state index in [1.807, 2.05) is 0 Å². The zero-order valence-corrected chi connectivity index (χ0v) is 14.3. The summed E-state index contributed by atoms with van der Waals surface area (Å²) in [5.74, 6) is 1.12. The second kappa shape index (κ2) is 7.87. The fourth-order valence-electron chi connectivity index (χ4n) is 2.47. The minimum atomic E-state index is -0.685. The van der Waals surface area contributed by atoms with Gasteiger partial charge in [-0.1, -0.05) is 25.4 Å². The molecular weight excluding hydrogens is 316 g/mol. The van der Waals surface area contributed by atoms with Gasteiger partial charge in [-0.25, -0.2) is 0 Å². The summed E-state index contributed by atoms with van der Waals surface area (Å²) in [5, 5.41) is 22.7. The largest absolute Gasteiger partial charge is 0.486 e. The van der Waals surface area contributed by atoms with Gasteiger partial charge in [0.1, 0.15) is 13.2 Å². The topological polar surface area (TPSA) is 74.5 Å². The number of benzene rings is 1. The van der Waals surface area contributed by atoms with E-state index in [1.165, 1.54) is 0 Å². The number of hydrogen-bond donors (Lipinski definition) is 2. The van der Waals surface area contributed by atoms with Gasteiger partial charge in [0.05, 0.1) is 17.2 Å². The molecule has 0 spiro atoms. The van der Waals surface area contributed by atoms with Crippen LogP contribution in [-0.4, -0.2) is 31.4 Å². The number of aliphatic hydroxyl groups is 1. The Morgan fingerprint density at radius 3 is 2.87 bits per heavy atom. The van der Waals surface area contributed by atoms with E-state index >= 15 is 0 Å². The summed E-state index contributed by atoms with van der Waals surface area (Å²) in [7, 11) is 0. The number of aliphatic hydroxyl groups excluding tert-OH is 1. The lowest BCUT2D eigenvalue weighted by Crippen LogP contribution is -2.32. The molecule has 1 aliphatic heterocycles. The molecule has 0 saturated heterocycles. The van der Waals surface area contributed by atoms with Crippen LogP contribution in [0.25, 0.3) is 0 Å². The van der Waals surface area contributed by atoms with Crippen LogP contribution in [0.1, 0.15) is 38.4 Å². The zero-order valence-electron chi connectivity index (χ0n) is 13.6. The highest BCUT2D eigenvalue weighted by Crippen LogP contribution is 2.39. The minimum Gasteiger partial charge on any atom is -0.486 e. The molecule has 0 aliphatic carbocycles. The molecule has 1 unspecified atom stereocenters. The predicted octanol–water partition coefficient (Wildman–Crippen LogP) is 3.06. The average molecular weight is 339 g/mol. The number of rotatable bonds is 7. The summed E-state index contributed by atoms with van der Waals surface area (Å²) >= 11 is 6.19. The van der Waals surface area contributed by atoms with Crippen LogP contribution in [0, 0.1) is 16.7 Å². The second-order valence-electron chi connectivity index (χ2n) is 6.50. The van der Waals surface area contributed by atoms with Crippen LogP contribution in [0.2, 0.25) is 5.02 Å². The van der Waals surface area contributed by atoms with E-state index in [9.17, 15) is 5.11 Å².